The molecule has 0 aromatic heterocycles. The number of nitrogens with one attached hydrogen (secondary N) is 2. The summed E-state index contributed by atoms with van der Waals surface area (Å²) in [4.78, 5) is 13.6. The molecule has 1 aliphatic heterocycles. The van der Waals surface area contributed by atoms with Gasteiger partial charge in [-0.3, -0.25) is 4.79 Å². The van der Waals surface area contributed by atoms with Crippen LogP contribution in [0.5, 0.6) is 0 Å². The van der Waals surface area contributed by atoms with Crippen LogP contribution in [0.4, 0.5) is 11.4 Å². The molecule has 3 rings (SSSR count). The second-order valence-corrected chi connectivity index (χ2v) is 6.99. The Balaban J connectivity index is 1.59. The molecule has 2 aliphatic rings. The zero-order valence-corrected chi connectivity index (χ0v) is 14.8. The van der Waals surface area contributed by atoms with E-state index in [1.165, 1.54) is 16.9 Å². The minimum Gasteiger partial charge on any atom is -0.382 e. The second kappa shape index (κ2) is 7.88. The van der Waals surface area contributed by atoms with Crippen molar-refractivity contribution < 1.29 is 9.53 Å². The zero-order valence-electron chi connectivity index (χ0n) is 14.8. The summed E-state index contributed by atoms with van der Waals surface area (Å²) < 4.78 is 5.45. The Labute approximate surface area is 144 Å². The number of benzene rings is 1. The van der Waals surface area contributed by atoms with Gasteiger partial charge in [0.15, 0.2) is 0 Å². The van der Waals surface area contributed by atoms with E-state index in [1.54, 1.807) is 6.92 Å². The number of amides is 1. The van der Waals surface area contributed by atoms with E-state index in [-0.39, 0.29) is 5.91 Å². The van der Waals surface area contributed by atoms with Gasteiger partial charge in [0.2, 0.25) is 5.91 Å². The van der Waals surface area contributed by atoms with Crippen molar-refractivity contribution in [2.24, 2.45) is 0 Å². The highest BCUT2D eigenvalue weighted by molar-refractivity contribution is 5.73. The first-order valence-electron chi connectivity index (χ1n) is 9.09. The van der Waals surface area contributed by atoms with Crippen molar-refractivity contribution in [2.75, 3.05) is 36.5 Å². The van der Waals surface area contributed by atoms with Gasteiger partial charge in [-0.05, 0) is 50.3 Å². The van der Waals surface area contributed by atoms with E-state index in [4.69, 9.17) is 4.74 Å². The molecular formula is C19H29N3O2. The average molecular weight is 331 g/mol. The topological polar surface area (TPSA) is 53.6 Å². The largest absolute Gasteiger partial charge is 0.382 e. The predicted octanol–water partition coefficient (Wildman–Crippen LogP) is 2.69. The number of carbonyl (C=O) groups excluding carboxylic acids is 1. The number of nitrogens with zero attached hydrogens (tertiary/aromatic N) is 1. The summed E-state index contributed by atoms with van der Waals surface area (Å²) in [5, 5.41) is 6.78. The Morgan fingerprint density at radius 3 is 2.46 bits per heavy atom. The molecule has 24 heavy (non-hydrogen) atoms. The summed E-state index contributed by atoms with van der Waals surface area (Å²) in [6.45, 7) is 7.31. The van der Waals surface area contributed by atoms with Gasteiger partial charge in [0.05, 0.1) is 13.2 Å². The molecule has 0 radical (unpaired) electrons. The molecule has 1 aromatic carbocycles. The smallest absolute Gasteiger partial charge is 0.217 e. The maximum absolute atomic E-state index is 11.2. The Bertz CT molecular complexity index is 562. The molecule has 0 unspecified atom stereocenters. The van der Waals surface area contributed by atoms with Gasteiger partial charge in [0.25, 0.3) is 0 Å². The van der Waals surface area contributed by atoms with Crippen LogP contribution in [-0.4, -0.2) is 44.3 Å². The molecule has 1 aliphatic carbocycles. The third-order valence-corrected chi connectivity index (χ3v) is 5.09. The number of ether oxygens (including phenoxy) is 1. The number of hydrogen-bond donors (Lipinski definition) is 2. The lowest BCUT2D eigenvalue weighted by Gasteiger charge is -2.32. The van der Waals surface area contributed by atoms with Crippen LogP contribution in [0.2, 0.25) is 0 Å². The highest BCUT2D eigenvalue weighted by atomic mass is 16.5. The third kappa shape index (κ3) is 4.41. The van der Waals surface area contributed by atoms with Crippen LogP contribution in [0.1, 0.15) is 38.2 Å². The van der Waals surface area contributed by atoms with Gasteiger partial charge in [0, 0.05) is 43.5 Å². The van der Waals surface area contributed by atoms with Crippen molar-refractivity contribution in [3.63, 3.8) is 0 Å². The lowest BCUT2D eigenvalue weighted by molar-refractivity contribution is -0.119. The van der Waals surface area contributed by atoms with Crippen LogP contribution in [0.3, 0.4) is 0 Å². The van der Waals surface area contributed by atoms with Crippen molar-refractivity contribution in [3.8, 4) is 0 Å². The molecule has 1 aromatic rings. The normalized spacial score (nSPS) is 24.5. The molecule has 0 bridgehead atoms. The molecule has 1 heterocycles. The molecule has 2 N–H and O–H groups in total. The van der Waals surface area contributed by atoms with Crippen molar-refractivity contribution in [1.82, 2.24) is 5.32 Å². The SMILES string of the molecule is CC(=O)NC1CCC(Nc2cc(N3CCOCC3)ccc2C)CC1. The summed E-state index contributed by atoms with van der Waals surface area (Å²) in [5.74, 6) is 0.0838. The lowest BCUT2D eigenvalue weighted by Crippen LogP contribution is -2.39. The maximum atomic E-state index is 11.2. The molecule has 132 valence electrons. The van der Waals surface area contributed by atoms with E-state index >= 15 is 0 Å². The van der Waals surface area contributed by atoms with E-state index in [9.17, 15) is 4.79 Å². The van der Waals surface area contributed by atoms with E-state index in [1.807, 2.05) is 0 Å². The van der Waals surface area contributed by atoms with Gasteiger partial charge in [0.1, 0.15) is 0 Å². The Kier molecular flexibility index (Phi) is 5.61. The monoisotopic (exact) mass is 331 g/mol. The molecule has 1 saturated carbocycles. The second-order valence-electron chi connectivity index (χ2n) is 6.99. The first kappa shape index (κ1) is 17.1. The number of aryl methyl sites for hydroxylation is 1. The van der Waals surface area contributed by atoms with Crippen LogP contribution < -0.4 is 15.5 Å². The lowest BCUT2D eigenvalue weighted by atomic mass is 9.90. The zero-order chi connectivity index (χ0) is 16.9. The molecule has 5 nitrogen and oxygen atoms in total. The quantitative estimate of drug-likeness (QED) is 0.891. The molecule has 1 amide bonds. The highest BCUT2D eigenvalue weighted by Crippen LogP contribution is 2.28. The molecular weight excluding hydrogens is 302 g/mol. The van der Waals surface area contributed by atoms with Crippen molar-refractivity contribution >= 4 is 17.3 Å². The first-order chi connectivity index (χ1) is 11.6. The molecule has 0 spiro atoms. The number of carbonyl (C=O) groups is 1. The van der Waals surface area contributed by atoms with E-state index in [2.05, 4.69) is 40.7 Å². The summed E-state index contributed by atoms with van der Waals surface area (Å²) in [7, 11) is 0. The average Bonchev–Trinajstić information content (AvgIpc) is 2.59. The van der Waals surface area contributed by atoms with Crippen molar-refractivity contribution in [3.05, 3.63) is 23.8 Å². The number of morpholine rings is 1. The van der Waals surface area contributed by atoms with Crippen LogP contribution >= 0.6 is 0 Å². The summed E-state index contributed by atoms with van der Waals surface area (Å²) in [6.07, 6.45) is 4.32. The van der Waals surface area contributed by atoms with E-state index in [0.29, 0.717) is 12.1 Å². The highest BCUT2D eigenvalue weighted by Gasteiger charge is 2.22. The minimum absolute atomic E-state index is 0.0838. The van der Waals surface area contributed by atoms with Crippen LogP contribution in [0.25, 0.3) is 0 Å². The van der Waals surface area contributed by atoms with Crippen molar-refractivity contribution in [2.45, 2.75) is 51.6 Å². The Morgan fingerprint density at radius 2 is 1.79 bits per heavy atom. The Hall–Kier alpha value is -1.75. The third-order valence-electron chi connectivity index (χ3n) is 5.09. The number of anilines is 2. The van der Waals surface area contributed by atoms with E-state index in [0.717, 1.165) is 52.0 Å². The standard InChI is InChI=1S/C19H29N3O2/c1-14-3-8-18(22-9-11-24-12-10-22)13-19(14)21-17-6-4-16(5-7-17)20-15(2)23/h3,8,13,16-17,21H,4-7,9-12H2,1-2H3,(H,20,23). The van der Waals surface area contributed by atoms with Crippen LogP contribution in [-0.2, 0) is 9.53 Å². The van der Waals surface area contributed by atoms with Gasteiger partial charge >= 0.3 is 0 Å². The van der Waals surface area contributed by atoms with E-state index < -0.39 is 0 Å². The van der Waals surface area contributed by atoms with Crippen molar-refractivity contribution in [1.29, 1.82) is 0 Å². The van der Waals surface area contributed by atoms with Crippen LogP contribution in [0.15, 0.2) is 18.2 Å². The fraction of sp³-hybridized carbons (Fsp3) is 0.632. The number of rotatable bonds is 4. The van der Waals surface area contributed by atoms with Gasteiger partial charge < -0.3 is 20.3 Å². The molecule has 5 heteroatoms. The number of hydrogen-bond acceptors (Lipinski definition) is 4. The van der Waals surface area contributed by atoms with Gasteiger partial charge in [-0.15, -0.1) is 0 Å². The maximum Gasteiger partial charge on any atom is 0.217 e. The van der Waals surface area contributed by atoms with Gasteiger partial charge in [-0.25, -0.2) is 0 Å². The molecule has 0 atom stereocenters. The predicted molar refractivity (Wildman–Crippen MR) is 97.7 cm³/mol. The van der Waals surface area contributed by atoms with Gasteiger partial charge in [-0.1, -0.05) is 6.07 Å². The van der Waals surface area contributed by atoms with Gasteiger partial charge in [-0.2, -0.15) is 0 Å². The first-order valence-corrected chi connectivity index (χ1v) is 9.09. The Morgan fingerprint density at radius 1 is 1.12 bits per heavy atom. The fourth-order valence-electron chi connectivity index (χ4n) is 3.67. The molecule has 1 saturated heterocycles. The summed E-state index contributed by atoms with van der Waals surface area (Å²) in [6, 6.07) is 7.53. The summed E-state index contributed by atoms with van der Waals surface area (Å²) >= 11 is 0. The minimum atomic E-state index is 0.0838. The fourth-order valence-corrected chi connectivity index (χ4v) is 3.67. The van der Waals surface area contributed by atoms with Crippen LogP contribution in [0, 0.1) is 6.92 Å². The summed E-state index contributed by atoms with van der Waals surface area (Å²) in [5.41, 5.74) is 3.80. The molecule has 2 fully saturated rings.